The second kappa shape index (κ2) is 5.16. The molecule has 1 N–H and O–H groups in total. The third-order valence-corrected chi connectivity index (χ3v) is 3.93. The lowest BCUT2D eigenvalue weighted by Gasteiger charge is -1.99. The van der Waals surface area contributed by atoms with E-state index in [-0.39, 0.29) is 0 Å². The molecule has 0 atom stereocenters. The number of nitrogens with zero attached hydrogens (tertiary/aromatic N) is 3. The average molecular weight is 264 g/mol. The molecule has 1 saturated carbocycles. The third kappa shape index (κ3) is 2.94. The van der Waals surface area contributed by atoms with E-state index in [4.69, 9.17) is 4.42 Å². The molecule has 0 saturated heterocycles. The first-order valence-corrected chi connectivity index (χ1v) is 7.07. The number of nitrogens with one attached hydrogen (secondary N) is 1. The van der Waals surface area contributed by atoms with Gasteiger partial charge in [0.2, 0.25) is 0 Å². The maximum Gasteiger partial charge on any atom is 0.191 e. The van der Waals surface area contributed by atoms with Crippen LogP contribution in [0.5, 0.6) is 0 Å². The Morgan fingerprint density at radius 1 is 1.44 bits per heavy atom. The minimum atomic E-state index is 0.714. The quantitative estimate of drug-likeness (QED) is 0.808. The molecule has 0 aromatic carbocycles. The highest BCUT2D eigenvalue weighted by Gasteiger charge is 2.20. The molecule has 0 radical (unpaired) electrons. The van der Waals surface area contributed by atoms with E-state index in [2.05, 4.69) is 15.5 Å². The van der Waals surface area contributed by atoms with Crippen LogP contribution in [0.3, 0.4) is 0 Å². The van der Waals surface area contributed by atoms with Gasteiger partial charge >= 0.3 is 0 Å². The summed E-state index contributed by atoms with van der Waals surface area (Å²) < 4.78 is 7.67. The van der Waals surface area contributed by atoms with Crippen LogP contribution in [0.25, 0.3) is 0 Å². The van der Waals surface area contributed by atoms with Crippen molar-refractivity contribution in [2.75, 3.05) is 0 Å². The van der Waals surface area contributed by atoms with Crippen molar-refractivity contribution in [3.63, 3.8) is 0 Å². The van der Waals surface area contributed by atoms with Crippen LogP contribution in [0.4, 0.5) is 0 Å². The molecular weight excluding hydrogens is 248 g/mol. The smallest absolute Gasteiger partial charge is 0.191 e. The minimum absolute atomic E-state index is 0.714. The SMILES string of the molecule is Cn1cnnc1SCc1ccc(CNC2CC2)o1. The van der Waals surface area contributed by atoms with E-state index < -0.39 is 0 Å². The number of aryl methyl sites for hydroxylation is 1. The zero-order valence-corrected chi connectivity index (χ0v) is 11.1. The molecule has 1 aliphatic rings. The molecule has 1 fully saturated rings. The summed E-state index contributed by atoms with van der Waals surface area (Å²) in [4.78, 5) is 0. The zero-order chi connectivity index (χ0) is 12.4. The molecule has 2 aromatic heterocycles. The van der Waals surface area contributed by atoms with E-state index >= 15 is 0 Å². The van der Waals surface area contributed by atoms with Crippen molar-refractivity contribution in [2.45, 2.75) is 36.3 Å². The third-order valence-electron chi connectivity index (χ3n) is 2.87. The van der Waals surface area contributed by atoms with Gasteiger partial charge in [0.1, 0.15) is 17.8 Å². The monoisotopic (exact) mass is 264 g/mol. The summed E-state index contributed by atoms with van der Waals surface area (Å²) in [6.45, 7) is 0.833. The van der Waals surface area contributed by atoms with Gasteiger partial charge in [-0.2, -0.15) is 0 Å². The number of furan rings is 1. The Morgan fingerprint density at radius 2 is 2.28 bits per heavy atom. The van der Waals surface area contributed by atoms with Crippen molar-refractivity contribution in [1.29, 1.82) is 0 Å². The number of hydrogen-bond donors (Lipinski definition) is 1. The van der Waals surface area contributed by atoms with Crippen LogP contribution in [0.15, 0.2) is 28.0 Å². The van der Waals surface area contributed by atoms with Crippen LogP contribution < -0.4 is 5.32 Å². The summed E-state index contributed by atoms with van der Waals surface area (Å²) >= 11 is 1.63. The molecule has 2 heterocycles. The highest BCUT2D eigenvalue weighted by molar-refractivity contribution is 7.98. The molecule has 3 rings (SSSR count). The molecule has 1 aliphatic carbocycles. The number of hydrogen-bond acceptors (Lipinski definition) is 5. The Balaban J connectivity index is 1.51. The molecule has 0 spiro atoms. The average Bonchev–Trinajstić information content (AvgIpc) is 2.94. The highest BCUT2D eigenvalue weighted by atomic mass is 32.2. The van der Waals surface area contributed by atoms with Crippen molar-refractivity contribution < 1.29 is 4.42 Å². The molecule has 0 aliphatic heterocycles. The number of thioether (sulfide) groups is 1. The lowest BCUT2D eigenvalue weighted by molar-refractivity contribution is 0.458. The Bertz CT molecular complexity index is 518. The molecule has 5 nitrogen and oxygen atoms in total. The fourth-order valence-electron chi connectivity index (χ4n) is 1.67. The van der Waals surface area contributed by atoms with Gasteiger partial charge in [-0.1, -0.05) is 11.8 Å². The molecule has 18 heavy (non-hydrogen) atoms. The molecule has 6 heteroatoms. The Labute approximate surface area is 110 Å². The summed E-state index contributed by atoms with van der Waals surface area (Å²) in [5, 5.41) is 12.2. The summed E-state index contributed by atoms with van der Waals surface area (Å²) in [7, 11) is 1.94. The molecule has 0 bridgehead atoms. The van der Waals surface area contributed by atoms with Crippen molar-refractivity contribution >= 4 is 11.8 Å². The maximum absolute atomic E-state index is 5.76. The van der Waals surface area contributed by atoms with Crippen LogP contribution in [0.1, 0.15) is 24.4 Å². The molecule has 0 amide bonds. The van der Waals surface area contributed by atoms with Gasteiger partial charge in [-0.05, 0) is 25.0 Å². The van der Waals surface area contributed by atoms with Gasteiger partial charge < -0.3 is 14.3 Å². The predicted molar refractivity (Wildman–Crippen MR) is 69.1 cm³/mol. The van der Waals surface area contributed by atoms with Gasteiger partial charge in [-0.25, -0.2) is 0 Å². The predicted octanol–water partition coefficient (Wildman–Crippen LogP) is 1.95. The molecule has 2 aromatic rings. The van der Waals surface area contributed by atoms with E-state index in [1.165, 1.54) is 12.8 Å². The lowest BCUT2D eigenvalue weighted by atomic mass is 10.4. The van der Waals surface area contributed by atoms with Gasteiger partial charge in [-0.15, -0.1) is 10.2 Å². The second-order valence-corrected chi connectivity index (χ2v) is 5.48. The van der Waals surface area contributed by atoms with Crippen LogP contribution in [-0.2, 0) is 19.3 Å². The Kier molecular flexibility index (Phi) is 3.38. The van der Waals surface area contributed by atoms with E-state index in [0.29, 0.717) is 6.04 Å². The fraction of sp³-hybridized carbons (Fsp3) is 0.500. The van der Waals surface area contributed by atoms with E-state index in [9.17, 15) is 0 Å². The van der Waals surface area contributed by atoms with Gasteiger partial charge in [-0.3, -0.25) is 0 Å². The van der Waals surface area contributed by atoms with Gasteiger partial charge in [0, 0.05) is 13.1 Å². The normalized spacial score (nSPS) is 15.2. The zero-order valence-electron chi connectivity index (χ0n) is 10.3. The Morgan fingerprint density at radius 3 is 3.00 bits per heavy atom. The van der Waals surface area contributed by atoms with Crippen molar-refractivity contribution in [3.8, 4) is 0 Å². The lowest BCUT2D eigenvalue weighted by Crippen LogP contribution is -2.14. The highest BCUT2D eigenvalue weighted by Crippen LogP contribution is 2.22. The largest absolute Gasteiger partial charge is 0.464 e. The minimum Gasteiger partial charge on any atom is -0.464 e. The van der Waals surface area contributed by atoms with Crippen LogP contribution >= 0.6 is 11.8 Å². The topological polar surface area (TPSA) is 55.9 Å². The van der Waals surface area contributed by atoms with Crippen molar-refractivity contribution in [1.82, 2.24) is 20.1 Å². The van der Waals surface area contributed by atoms with Crippen LogP contribution in [0, 0.1) is 0 Å². The van der Waals surface area contributed by atoms with Crippen molar-refractivity contribution in [3.05, 3.63) is 30.0 Å². The standard InChI is InChI=1S/C12H16N4OS/c1-16-8-14-15-12(16)18-7-11-5-4-10(17-11)6-13-9-2-3-9/h4-5,8-9,13H,2-3,6-7H2,1H3. The first-order chi connectivity index (χ1) is 8.81. The summed E-state index contributed by atoms with van der Waals surface area (Å²) in [6, 6.07) is 4.79. The molecule has 96 valence electrons. The van der Waals surface area contributed by atoms with Crippen molar-refractivity contribution in [2.24, 2.45) is 7.05 Å². The van der Waals surface area contributed by atoms with E-state index in [1.54, 1.807) is 18.1 Å². The summed E-state index contributed by atoms with van der Waals surface area (Å²) in [6.07, 6.45) is 4.31. The fourth-order valence-corrected chi connectivity index (χ4v) is 2.45. The number of aromatic nitrogens is 3. The van der Waals surface area contributed by atoms with Crippen LogP contribution in [-0.4, -0.2) is 20.8 Å². The second-order valence-electron chi connectivity index (χ2n) is 4.54. The first kappa shape index (κ1) is 11.8. The molecule has 0 unspecified atom stereocenters. The molecular formula is C12H16N4OS. The first-order valence-electron chi connectivity index (χ1n) is 6.09. The van der Waals surface area contributed by atoms with E-state index in [1.807, 2.05) is 23.7 Å². The number of rotatable bonds is 6. The van der Waals surface area contributed by atoms with E-state index in [0.717, 1.165) is 29.0 Å². The summed E-state index contributed by atoms with van der Waals surface area (Å²) in [5.41, 5.74) is 0. The van der Waals surface area contributed by atoms with Crippen LogP contribution in [0.2, 0.25) is 0 Å². The van der Waals surface area contributed by atoms with Gasteiger partial charge in [0.15, 0.2) is 5.16 Å². The van der Waals surface area contributed by atoms with Gasteiger partial charge in [0.05, 0.1) is 12.3 Å². The van der Waals surface area contributed by atoms with Gasteiger partial charge in [0.25, 0.3) is 0 Å². The Hall–Kier alpha value is -1.27. The summed E-state index contributed by atoms with van der Waals surface area (Å²) in [5.74, 6) is 2.78. The maximum atomic E-state index is 5.76.